The molecule has 0 fully saturated rings. The molecule has 0 spiro atoms. The Morgan fingerprint density at radius 3 is 2.96 bits per heavy atom. The highest BCUT2D eigenvalue weighted by Crippen LogP contribution is 2.29. The highest BCUT2D eigenvalue weighted by atomic mass is 32.1. The summed E-state index contributed by atoms with van der Waals surface area (Å²) in [6.07, 6.45) is 1.51. The molecule has 0 aliphatic heterocycles. The SMILES string of the molecule is Cc1cc(NCc2ccc(-c3csc(C)n3)s2)n2ncnc2n1. The lowest BCUT2D eigenvalue weighted by Crippen LogP contribution is -2.06. The molecule has 0 aliphatic carbocycles. The summed E-state index contributed by atoms with van der Waals surface area (Å²) in [4.78, 5) is 15.5. The minimum atomic E-state index is 0.609. The van der Waals surface area contributed by atoms with Crippen LogP contribution >= 0.6 is 22.7 Å². The molecule has 23 heavy (non-hydrogen) atoms. The number of fused-ring (bicyclic) bond motifs is 1. The van der Waals surface area contributed by atoms with Crippen molar-refractivity contribution in [3.05, 3.63) is 45.5 Å². The summed E-state index contributed by atoms with van der Waals surface area (Å²) in [6, 6.07) is 6.23. The fraction of sp³-hybridized carbons (Fsp3) is 0.200. The number of thiophene rings is 1. The van der Waals surface area contributed by atoms with Gasteiger partial charge < -0.3 is 5.32 Å². The molecule has 6 nitrogen and oxygen atoms in total. The molecule has 4 heterocycles. The minimum absolute atomic E-state index is 0.609. The van der Waals surface area contributed by atoms with Crippen molar-refractivity contribution in [1.29, 1.82) is 0 Å². The average molecular weight is 342 g/mol. The molecule has 4 rings (SSSR count). The highest BCUT2D eigenvalue weighted by molar-refractivity contribution is 7.16. The third-order valence-corrected chi connectivity index (χ3v) is 5.24. The molecule has 0 atom stereocenters. The van der Waals surface area contributed by atoms with Crippen LogP contribution in [0.5, 0.6) is 0 Å². The second-order valence-electron chi connectivity index (χ2n) is 5.13. The van der Waals surface area contributed by atoms with Gasteiger partial charge in [-0.25, -0.2) is 9.97 Å². The minimum Gasteiger partial charge on any atom is -0.365 e. The van der Waals surface area contributed by atoms with E-state index in [4.69, 9.17) is 0 Å². The molecule has 0 unspecified atom stereocenters. The predicted molar refractivity (Wildman–Crippen MR) is 93.0 cm³/mol. The van der Waals surface area contributed by atoms with Gasteiger partial charge in [-0.2, -0.15) is 14.6 Å². The van der Waals surface area contributed by atoms with E-state index in [1.165, 1.54) is 16.1 Å². The quantitative estimate of drug-likeness (QED) is 0.614. The molecule has 0 aliphatic rings. The van der Waals surface area contributed by atoms with Crippen molar-refractivity contribution in [1.82, 2.24) is 24.6 Å². The standard InChI is InChI=1S/C15H14N6S2/c1-9-5-14(21-15(19-9)17-8-18-21)16-6-11-3-4-13(23-11)12-7-22-10(2)20-12/h3-5,7-8,16H,6H2,1-2H3. The van der Waals surface area contributed by atoms with Crippen LogP contribution in [0.4, 0.5) is 5.82 Å². The molecule has 1 N–H and O–H groups in total. The van der Waals surface area contributed by atoms with Crippen LogP contribution in [0.3, 0.4) is 0 Å². The lowest BCUT2D eigenvalue weighted by molar-refractivity contribution is 0.919. The summed E-state index contributed by atoms with van der Waals surface area (Å²) in [6.45, 7) is 4.71. The van der Waals surface area contributed by atoms with Crippen LogP contribution in [0.2, 0.25) is 0 Å². The number of nitrogens with one attached hydrogen (secondary N) is 1. The van der Waals surface area contributed by atoms with Gasteiger partial charge in [-0.15, -0.1) is 22.7 Å². The molecule has 0 radical (unpaired) electrons. The molecule has 8 heteroatoms. The van der Waals surface area contributed by atoms with Crippen molar-refractivity contribution in [3.8, 4) is 10.6 Å². The average Bonchev–Trinajstić information content (AvgIpc) is 3.23. The van der Waals surface area contributed by atoms with E-state index in [0.29, 0.717) is 5.78 Å². The van der Waals surface area contributed by atoms with Gasteiger partial charge in [-0.3, -0.25) is 0 Å². The molecule has 0 saturated heterocycles. The van der Waals surface area contributed by atoms with Crippen molar-refractivity contribution in [2.45, 2.75) is 20.4 Å². The van der Waals surface area contributed by atoms with Crippen molar-refractivity contribution >= 4 is 34.3 Å². The van der Waals surface area contributed by atoms with Gasteiger partial charge in [0.2, 0.25) is 0 Å². The van der Waals surface area contributed by atoms with Gasteiger partial charge >= 0.3 is 0 Å². The van der Waals surface area contributed by atoms with Crippen LogP contribution in [0.1, 0.15) is 15.6 Å². The topological polar surface area (TPSA) is 68.0 Å². The maximum absolute atomic E-state index is 4.54. The smallest absolute Gasteiger partial charge is 0.254 e. The van der Waals surface area contributed by atoms with E-state index < -0.39 is 0 Å². The van der Waals surface area contributed by atoms with Crippen molar-refractivity contribution in [3.63, 3.8) is 0 Å². The summed E-state index contributed by atoms with van der Waals surface area (Å²) in [5, 5.41) is 10.8. The van der Waals surface area contributed by atoms with Gasteiger partial charge in [0.25, 0.3) is 5.78 Å². The van der Waals surface area contributed by atoms with Gasteiger partial charge in [0.1, 0.15) is 12.1 Å². The second-order valence-corrected chi connectivity index (χ2v) is 7.36. The molecular weight excluding hydrogens is 328 g/mol. The number of nitrogens with zero attached hydrogens (tertiary/aromatic N) is 5. The maximum Gasteiger partial charge on any atom is 0.254 e. The lowest BCUT2D eigenvalue weighted by atomic mass is 10.3. The molecule has 116 valence electrons. The zero-order valence-corrected chi connectivity index (χ0v) is 14.3. The lowest BCUT2D eigenvalue weighted by Gasteiger charge is -2.07. The first-order valence-electron chi connectivity index (χ1n) is 7.11. The van der Waals surface area contributed by atoms with Crippen LogP contribution in [0, 0.1) is 13.8 Å². The molecule has 4 aromatic heterocycles. The van der Waals surface area contributed by atoms with Gasteiger partial charge in [0.05, 0.1) is 22.1 Å². The largest absolute Gasteiger partial charge is 0.365 e. The second kappa shape index (κ2) is 5.71. The van der Waals surface area contributed by atoms with Crippen LogP contribution in [0.15, 0.2) is 29.9 Å². The Balaban J connectivity index is 1.55. The van der Waals surface area contributed by atoms with E-state index in [0.717, 1.165) is 28.8 Å². The van der Waals surface area contributed by atoms with E-state index in [-0.39, 0.29) is 0 Å². The molecule has 0 saturated carbocycles. The Morgan fingerprint density at radius 1 is 1.22 bits per heavy atom. The van der Waals surface area contributed by atoms with E-state index in [9.17, 15) is 0 Å². The van der Waals surface area contributed by atoms with Gasteiger partial charge in [-0.05, 0) is 26.0 Å². The summed E-state index contributed by atoms with van der Waals surface area (Å²) >= 11 is 3.43. The van der Waals surface area contributed by atoms with Crippen molar-refractivity contribution in [2.75, 3.05) is 5.32 Å². The Morgan fingerprint density at radius 2 is 2.13 bits per heavy atom. The summed E-state index contributed by atoms with van der Waals surface area (Å²) < 4.78 is 1.71. The number of rotatable bonds is 4. The van der Waals surface area contributed by atoms with E-state index >= 15 is 0 Å². The third-order valence-electron chi connectivity index (χ3n) is 3.36. The first kappa shape index (κ1) is 14.3. The number of aryl methyl sites for hydroxylation is 2. The molecular formula is C15H14N6S2. The van der Waals surface area contributed by atoms with E-state index in [1.807, 2.05) is 19.9 Å². The monoisotopic (exact) mass is 342 g/mol. The highest BCUT2D eigenvalue weighted by Gasteiger charge is 2.08. The van der Waals surface area contributed by atoms with Gasteiger partial charge in [-0.1, -0.05) is 0 Å². The van der Waals surface area contributed by atoms with Crippen molar-refractivity contribution < 1.29 is 0 Å². The Bertz CT molecular complexity index is 967. The van der Waals surface area contributed by atoms with Gasteiger partial charge in [0.15, 0.2) is 0 Å². The Kier molecular flexibility index (Phi) is 3.55. The third kappa shape index (κ3) is 2.82. The Labute approximate surface area is 140 Å². The first-order chi connectivity index (χ1) is 11.2. The Hall–Kier alpha value is -2.32. The number of anilines is 1. The van der Waals surface area contributed by atoms with Crippen LogP contribution < -0.4 is 5.32 Å². The molecule has 0 bridgehead atoms. The first-order valence-corrected chi connectivity index (χ1v) is 8.81. The van der Waals surface area contributed by atoms with Crippen molar-refractivity contribution in [2.24, 2.45) is 0 Å². The number of hydrogen-bond donors (Lipinski definition) is 1. The zero-order valence-electron chi connectivity index (χ0n) is 12.6. The number of aromatic nitrogens is 5. The summed E-state index contributed by atoms with van der Waals surface area (Å²) in [5.41, 5.74) is 1.97. The maximum atomic E-state index is 4.54. The molecule has 0 aromatic carbocycles. The number of thiazole rings is 1. The van der Waals surface area contributed by atoms with E-state index in [2.05, 4.69) is 42.9 Å². The fourth-order valence-electron chi connectivity index (χ4n) is 2.32. The van der Waals surface area contributed by atoms with Crippen LogP contribution in [0.25, 0.3) is 16.3 Å². The summed E-state index contributed by atoms with van der Waals surface area (Å²) in [7, 11) is 0. The number of hydrogen-bond acceptors (Lipinski definition) is 7. The van der Waals surface area contributed by atoms with Gasteiger partial charge in [0, 0.05) is 22.0 Å². The molecule has 0 amide bonds. The summed E-state index contributed by atoms with van der Waals surface area (Å²) in [5.74, 6) is 1.50. The zero-order chi connectivity index (χ0) is 15.8. The predicted octanol–water partition coefficient (Wildman–Crippen LogP) is 3.54. The molecule has 4 aromatic rings. The van der Waals surface area contributed by atoms with Crippen LogP contribution in [-0.4, -0.2) is 24.6 Å². The van der Waals surface area contributed by atoms with Crippen LogP contribution in [-0.2, 0) is 6.54 Å². The fourth-order valence-corrected chi connectivity index (χ4v) is 3.92. The normalized spacial score (nSPS) is 11.2. The van der Waals surface area contributed by atoms with E-state index in [1.54, 1.807) is 27.2 Å².